The first-order valence-corrected chi connectivity index (χ1v) is 12.3. The summed E-state index contributed by atoms with van der Waals surface area (Å²) >= 11 is 1.85. The number of likely N-dealkylation sites (tertiary alicyclic amines) is 1. The molecule has 0 atom stereocenters. The van der Waals surface area contributed by atoms with E-state index in [9.17, 15) is 9.59 Å². The van der Waals surface area contributed by atoms with Crippen molar-refractivity contribution in [2.75, 3.05) is 32.0 Å². The summed E-state index contributed by atoms with van der Waals surface area (Å²) in [5, 5.41) is 0. The van der Waals surface area contributed by atoms with Gasteiger partial charge in [0.25, 0.3) is 11.8 Å². The Kier molecular flexibility index (Phi) is 6.52. The first kappa shape index (κ1) is 22.7. The minimum absolute atomic E-state index is 0.0244. The minimum atomic E-state index is -0.218. The number of carbonyl (C=O) groups excluding carboxylic acids is 2. The lowest BCUT2D eigenvalue weighted by atomic mass is 9.86. The maximum absolute atomic E-state index is 13.1. The number of thioether (sulfide) groups is 1. The summed E-state index contributed by atoms with van der Waals surface area (Å²) in [6.45, 7) is 8.63. The van der Waals surface area contributed by atoms with Crippen molar-refractivity contribution in [3.05, 3.63) is 65.7 Å². The van der Waals surface area contributed by atoms with Crippen molar-refractivity contribution in [1.29, 1.82) is 0 Å². The molecule has 0 radical (unpaired) electrons. The highest BCUT2D eigenvalue weighted by atomic mass is 32.2. The second kappa shape index (κ2) is 9.18. The van der Waals surface area contributed by atoms with Crippen molar-refractivity contribution in [1.82, 2.24) is 9.80 Å². The van der Waals surface area contributed by atoms with E-state index in [0.717, 1.165) is 30.7 Å². The van der Waals surface area contributed by atoms with Gasteiger partial charge in [0, 0.05) is 31.0 Å². The van der Waals surface area contributed by atoms with E-state index in [1.54, 1.807) is 0 Å². The maximum Gasteiger partial charge on any atom is 0.261 e. The number of hydrogen-bond donors (Lipinski definition) is 0. The molecule has 2 aromatic rings. The Bertz CT molecular complexity index is 945. The lowest BCUT2D eigenvalue weighted by molar-refractivity contribution is -0.136. The Morgan fingerprint density at radius 3 is 2.25 bits per heavy atom. The number of piperidine rings is 1. The third kappa shape index (κ3) is 4.80. The molecule has 0 N–H and O–H groups in total. The van der Waals surface area contributed by atoms with Crippen LogP contribution in [0.2, 0.25) is 0 Å². The first-order chi connectivity index (χ1) is 15.3. The largest absolute Gasteiger partial charge is 0.484 e. The molecular formula is C26H32N2O3S. The van der Waals surface area contributed by atoms with Crippen LogP contribution in [0.15, 0.2) is 54.6 Å². The molecule has 32 heavy (non-hydrogen) atoms. The standard InChI is InChI=1S/C26H32N2O3S/c1-25(2,3)21-11-9-20(10-12-21)24(30)27-15-13-26(14-16-27)28(17-18-32-26)23(29)19-31-22-7-5-4-6-8-22/h4-12H,13-19H2,1-3H3. The fourth-order valence-electron chi connectivity index (χ4n) is 4.47. The zero-order valence-electron chi connectivity index (χ0n) is 19.2. The first-order valence-electron chi connectivity index (χ1n) is 11.3. The van der Waals surface area contributed by atoms with E-state index in [2.05, 4.69) is 32.9 Å². The Hall–Kier alpha value is -2.47. The normalized spacial score (nSPS) is 18.1. The fourth-order valence-corrected chi connectivity index (χ4v) is 5.94. The summed E-state index contributed by atoms with van der Waals surface area (Å²) in [6, 6.07) is 17.4. The van der Waals surface area contributed by atoms with Gasteiger partial charge >= 0.3 is 0 Å². The van der Waals surface area contributed by atoms with Gasteiger partial charge in [-0.2, -0.15) is 0 Å². The molecule has 5 nitrogen and oxygen atoms in total. The molecule has 2 aromatic carbocycles. The SMILES string of the molecule is CC(C)(C)c1ccc(C(=O)N2CCC3(CC2)SCCN3C(=O)COc2ccccc2)cc1. The number of ether oxygens (including phenoxy) is 1. The third-order valence-electron chi connectivity index (χ3n) is 6.41. The number of benzene rings is 2. The number of para-hydroxylation sites is 1. The Labute approximate surface area is 195 Å². The van der Waals surface area contributed by atoms with Gasteiger partial charge in [-0.15, -0.1) is 11.8 Å². The highest BCUT2D eigenvalue weighted by Crippen LogP contribution is 2.44. The van der Waals surface area contributed by atoms with E-state index < -0.39 is 0 Å². The van der Waals surface area contributed by atoms with Crippen LogP contribution in [0.3, 0.4) is 0 Å². The van der Waals surface area contributed by atoms with E-state index in [1.807, 2.05) is 64.0 Å². The molecule has 0 bridgehead atoms. The summed E-state index contributed by atoms with van der Waals surface area (Å²) in [7, 11) is 0. The van der Waals surface area contributed by atoms with E-state index in [0.29, 0.717) is 18.8 Å². The Morgan fingerprint density at radius 2 is 1.62 bits per heavy atom. The molecular weight excluding hydrogens is 420 g/mol. The fraction of sp³-hybridized carbons (Fsp3) is 0.462. The minimum Gasteiger partial charge on any atom is -0.484 e. The third-order valence-corrected chi connectivity index (χ3v) is 7.97. The zero-order valence-corrected chi connectivity index (χ0v) is 20.0. The van der Waals surface area contributed by atoms with E-state index in [1.165, 1.54) is 5.56 Å². The molecule has 2 saturated heterocycles. The highest BCUT2D eigenvalue weighted by molar-refractivity contribution is 8.00. The van der Waals surface area contributed by atoms with E-state index in [-0.39, 0.29) is 28.7 Å². The van der Waals surface area contributed by atoms with Crippen LogP contribution < -0.4 is 4.74 Å². The van der Waals surface area contributed by atoms with E-state index >= 15 is 0 Å². The number of rotatable bonds is 4. The van der Waals surface area contributed by atoms with Gasteiger partial charge in [-0.25, -0.2) is 0 Å². The topological polar surface area (TPSA) is 49.9 Å². The summed E-state index contributed by atoms with van der Waals surface area (Å²) in [6.07, 6.45) is 1.58. The Morgan fingerprint density at radius 1 is 0.969 bits per heavy atom. The van der Waals surface area contributed by atoms with Crippen LogP contribution in [0.1, 0.15) is 49.5 Å². The van der Waals surface area contributed by atoms with Gasteiger partial charge in [-0.1, -0.05) is 51.1 Å². The highest BCUT2D eigenvalue weighted by Gasteiger charge is 2.47. The molecule has 2 heterocycles. The smallest absolute Gasteiger partial charge is 0.261 e. The van der Waals surface area contributed by atoms with Crippen molar-refractivity contribution < 1.29 is 14.3 Å². The molecule has 0 unspecified atom stereocenters. The molecule has 0 aromatic heterocycles. The van der Waals surface area contributed by atoms with Crippen molar-refractivity contribution in [3.63, 3.8) is 0 Å². The summed E-state index contributed by atoms with van der Waals surface area (Å²) in [5.74, 6) is 1.74. The molecule has 0 aliphatic carbocycles. The second-order valence-corrected chi connectivity index (χ2v) is 11.0. The van der Waals surface area contributed by atoms with Crippen LogP contribution in [0, 0.1) is 0 Å². The number of carbonyl (C=O) groups is 2. The zero-order chi connectivity index (χ0) is 22.8. The molecule has 2 amide bonds. The van der Waals surface area contributed by atoms with Crippen molar-refractivity contribution in [2.24, 2.45) is 0 Å². The van der Waals surface area contributed by atoms with Crippen LogP contribution in [0.4, 0.5) is 0 Å². The number of nitrogens with zero attached hydrogens (tertiary/aromatic N) is 2. The lowest BCUT2D eigenvalue weighted by Gasteiger charge is -2.44. The van der Waals surface area contributed by atoms with Crippen LogP contribution in [-0.2, 0) is 10.2 Å². The van der Waals surface area contributed by atoms with Gasteiger partial charge in [-0.3, -0.25) is 9.59 Å². The van der Waals surface area contributed by atoms with Gasteiger partial charge in [-0.05, 0) is 48.1 Å². The van der Waals surface area contributed by atoms with Gasteiger partial charge in [0.15, 0.2) is 6.61 Å². The van der Waals surface area contributed by atoms with Crippen LogP contribution in [0.5, 0.6) is 5.75 Å². The summed E-state index contributed by atoms with van der Waals surface area (Å²) < 4.78 is 5.70. The van der Waals surface area contributed by atoms with Crippen LogP contribution in [-0.4, -0.2) is 58.5 Å². The van der Waals surface area contributed by atoms with Gasteiger partial charge in [0.2, 0.25) is 0 Å². The number of amides is 2. The quantitative estimate of drug-likeness (QED) is 0.682. The molecule has 2 fully saturated rings. The average Bonchev–Trinajstić information content (AvgIpc) is 3.20. The molecule has 2 aliphatic heterocycles. The second-order valence-electron chi connectivity index (χ2n) is 9.56. The molecule has 4 rings (SSSR count). The average molecular weight is 453 g/mol. The molecule has 1 spiro atoms. The van der Waals surface area contributed by atoms with Crippen LogP contribution in [0.25, 0.3) is 0 Å². The monoisotopic (exact) mass is 452 g/mol. The van der Waals surface area contributed by atoms with Crippen molar-refractivity contribution in [2.45, 2.75) is 43.9 Å². The predicted octanol–water partition coefficient (Wildman–Crippen LogP) is 4.57. The van der Waals surface area contributed by atoms with Gasteiger partial charge in [0.05, 0.1) is 4.87 Å². The molecule has 2 aliphatic rings. The van der Waals surface area contributed by atoms with Crippen LogP contribution >= 0.6 is 11.8 Å². The van der Waals surface area contributed by atoms with Crippen molar-refractivity contribution >= 4 is 23.6 Å². The molecule has 6 heteroatoms. The molecule has 170 valence electrons. The van der Waals surface area contributed by atoms with Gasteiger partial charge < -0.3 is 14.5 Å². The predicted molar refractivity (Wildman–Crippen MR) is 129 cm³/mol. The van der Waals surface area contributed by atoms with E-state index in [4.69, 9.17) is 4.74 Å². The van der Waals surface area contributed by atoms with Crippen molar-refractivity contribution in [3.8, 4) is 5.75 Å². The molecule has 0 saturated carbocycles. The lowest BCUT2D eigenvalue weighted by Crippen LogP contribution is -2.54. The maximum atomic E-state index is 13.1. The summed E-state index contributed by atoms with van der Waals surface area (Å²) in [5.41, 5.74) is 2.03. The summed E-state index contributed by atoms with van der Waals surface area (Å²) in [4.78, 5) is 29.7. The Balaban J connectivity index is 1.36. The van der Waals surface area contributed by atoms with Gasteiger partial charge in [0.1, 0.15) is 5.75 Å². The number of hydrogen-bond acceptors (Lipinski definition) is 4.